The number of sulfonamides is 1. The average molecular weight is 376 g/mol. The molecule has 0 saturated heterocycles. The average Bonchev–Trinajstić information content (AvgIpc) is 3.24. The number of anilines is 1. The van der Waals surface area contributed by atoms with Crippen molar-refractivity contribution < 1.29 is 12.8 Å². The molecule has 0 aliphatic carbocycles. The predicted octanol–water partition coefficient (Wildman–Crippen LogP) is 4.81. The predicted molar refractivity (Wildman–Crippen MR) is 105 cm³/mol. The van der Waals surface area contributed by atoms with Gasteiger partial charge >= 0.3 is 0 Å². The topological polar surface area (TPSA) is 72.2 Å². The van der Waals surface area contributed by atoms with E-state index in [0.29, 0.717) is 11.4 Å². The maximum absolute atomic E-state index is 12.7. The Balaban J connectivity index is 1.58. The van der Waals surface area contributed by atoms with Gasteiger partial charge in [0.05, 0.1) is 11.1 Å². The van der Waals surface area contributed by atoms with Crippen LogP contribution in [0.1, 0.15) is 0 Å². The third-order valence-corrected chi connectivity index (χ3v) is 5.50. The fourth-order valence-electron chi connectivity index (χ4n) is 2.77. The molecule has 0 radical (unpaired) electrons. The summed E-state index contributed by atoms with van der Waals surface area (Å²) in [7, 11) is -3.69. The van der Waals surface area contributed by atoms with Crippen molar-refractivity contribution in [2.24, 2.45) is 0 Å². The third-order valence-electron chi connectivity index (χ3n) is 4.10. The van der Waals surface area contributed by atoms with E-state index in [9.17, 15) is 8.42 Å². The number of nitrogens with zero attached hydrogens (tertiary/aromatic N) is 1. The maximum Gasteiger partial charge on any atom is 0.261 e. The number of aromatic nitrogens is 1. The van der Waals surface area contributed by atoms with E-state index in [2.05, 4.69) is 9.71 Å². The van der Waals surface area contributed by atoms with E-state index in [4.69, 9.17) is 4.42 Å². The zero-order chi connectivity index (χ0) is 18.7. The molecule has 0 fully saturated rings. The zero-order valence-corrected chi connectivity index (χ0v) is 15.1. The molecule has 27 heavy (non-hydrogen) atoms. The van der Waals surface area contributed by atoms with Crippen LogP contribution in [-0.2, 0) is 10.0 Å². The second-order valence-corrected chi connectivity index (χ2v) is 7.62. The summed E-state index contributed by atoms with van der Waals surface area (Å²) in [5, 5.41) is 0. The molecular formula is C21H16N2O3S. The molecule has 134 valence electrons. The third kappa shape index (κ3) is 3.75. The van der Waals surface area contributed by atoms with Crippen molar-refractivity contribution in [3.05, 3.63) is 91.5 Å². The molecule has 1 aromatic heterocycles. The van der Waals surface area contributed by atoms with Crippen LogP contribution in [0.15, 0.2) is 101 Å². The molecule has 0 spiro atoms. The highest BCUT2D eigenvalue weighted by atomic mass is 32.2. The van der Waals surface area contributed by atoms with Crippen LogP contribution >= 0.6 is 0 Å². The highest BCUT2D eigenvalue weighted by molar-refractivity contribution is 7.92. The van der Waals surface area contributed by atoms with Crippen LogP contribution in [-0.4, -0.2) is 13.4 Å². The first kappa shape index (κ1) is 17.1. The van der Waals surface area contributed by atoms with E-state index in [1.807, 2.05) is 36.4 Å². The number of hydrogen-bond donors (Lipinski definition) is 1. The quantitative estimate of drug-likeness (QED) is 0.542. The summed E-state index contributed by atoms with van der Waals surface area (Å²) in [6.45, 7) is 0. The second-order valence-electron chi connectivity index (χ2n) is 5.94. The van der Waals surface area contributed by atoms with E-state index >= 15 is 0 Å². The first-order valence-corrected chi connectivity index (χ1v) is 9.77. The highest BCUT2D eigenvalue weighted by Gasteiger charge is 2.15. The molecule has 0 bridgehead atoms. The summed E-state index contributed by atoms with van der Waals surface area (Å²) in [4.78, 5) is 4.08. The van der Waals surface area contributed by atoms with Crippen LogP contribution in [0.5, 0.6) is 0 Å². The van der Waals surface area contributed by atoms with E-state index in [1.165, 1.54) is 6.39 Å². The molecule has 3 aromatic carbocycles. The van der Waals surface area contributed by atoms with Gasteiger partial charge in [-0.05, 0) is 35.4 Å². The first-order chi connectivity index (χ1) is 13.1. The molecule has 0 amide bonds. The minimum Gasteiger partial charge on any atom is -0.444 e. The molecule has 1 N–H and O–H groups in total. The van der Waals surface area contributed by atoms with Gasteiger partial charge in [-0.3, -0.25) is 4.72 Å². The first-order valence-electron chi connectivity index (χ1n) is 8.29. The Kier molecular flexibility index (Phi) is 4.48. The summed E-state index contributed by atoms with van der Waals surface area (Å²) in [5.41, 5.74) is 3.19. The molecule has 0 aliphatic rings. The van der Waals surface area contributed by atoms with Crippen LogP contribution in [0.2, 0.25) is 0 Å². The van der Waals surface area contributed by atoms with Crippen LogP contribution in [0, 0.1) is 0 Å². The van der Waals surface area contributed by atoms with Gasteiger partial charge in [-0.15, -0.1) is 0 Å². The zero-order valence-electron chi connectivity index (χ0n) is 14.2. The Morgan fingerprint density at radius 2 is 1.48 bits per heavy atom. The van der Waals surface area contributed by atoms with Gasteiger partial charge in [0.2, 0.25) is 0 Å². The number of benzene rings is 3. The van der Waals surface area contributed by atoms with E-state index < -0.39 is 10.0 Å². The fourth-order valence-corrected chi connectivity index (χ4v) is 3.82. The standard InChI is InChI=1S/C21H16N2O3S/c24-27(25,20-11-9-17(10-12-20)16-5-2-1-3-6-16)23-19-8-4-7-18(13-19)21-14-22-15-26-21/h1-15,23H. The number of rotatable bonds is 5. The minimum absolute atomic E-state index is 0.201. The van der Waals surface area contributed by atoms with Crippen LogP contribution < -0.4 is 4.72 Å². The highest BCUT2D eigenvalue weighted by Crippen LogP contribution is 2.25. The Labute approximate surface area is 157 Å². The lowest BCUT2D eigenvalue weighted by Gasteiger charge is -2.10. The largest absolute Gasteiger partial charge is 0.444 e. The summed E-state index contributed by atoms with van der Waals surface area (Å²) >= 11 is 0. The van der Waals surface area contributed by atoms with Crippen molar-refractivity contribution in [3.8, 4) is 22.5 Å². The molecule has 5 nitrogen and oxygen atoms in total. The molecule has 0 atom stereocenters. The Morgan fingerprint density at radius 3 is 2.19 bits per heavy atom. The molecule has 4 rings (SSSR count). The molecular weight excluding hydrogens is 360 g/mol. The lowest BCUT2D eigenvalue weighted by molar-refractivity contribution is 0.572. The maximum atomic E-state index is 12.7. The van der Waals surface area contributed by atoms with Crippen molar-refractivity contribution in [1.82, 2.24) is 4.98 Å². The molecule has 0 unspecified atom stereocenters. The SMILES string of the molecule is O=S(=O)(Nc1cccc(-c2cnco2)c1)c1ccc(-c2ccccc2)cc1. The summed E-state index contributed by atoms with van der Waals surface area (Å²) in [6, 6.07) is 23.6. The summed E-state index contributed by atoms with van der Waals surface area (Å²) < 4.78 is 33.3. The summed E-state index contributed by atoms with van der Waals surface area (Å²) in [6.07, 6.45) is 2.91. The Hall–Kier alpha value is -3.38. The van der Waals surface area contributed by atoms with Gasteiger partial charge < -0.3 is 4.42 Å². The van der Waals surface area contributed by atoms with Crippen molar-refractivity contribution in [3.63, 3.8) is 0 Å². The smallest absolute Gasteiger partial charge is 0.261 e. The van der Waals surface area contributed by atoms with Gasteiger partial charge in [0.15, 0.2) is 12.2 Å². The van der Waals surface area contributed by atoms with Gasteiger partial charge in [-0.25, -0.2) is 13.4 Å². The lowest BCUT2D eigenvalue weighted by Crippen LogP contribution is -2.12. The molecule has 6 heteroatoms. The Bertz CT molecular complexity index is 1140. The number of hydrogen-bond acceptors (Lipinski definition) is 4. The van der Waals surface area contributed by atoms with Crippen LogP contribution in [0.4, 0.5) is 5.69 Å². The van der Waals surface area contributed by atoms with Crippen molar-refractivity contribution in [1.29, 1.82) is 0 Å². The molecule has 1 heterocycles. The Morgan fingerprint density at radius 1 is 0.778 bits per heavy atom. The van der Waals surface area contributed by atoms with Gasteiger partial charge in [-0.1, -0.05) is 54.6 Å². The van der Waals surface area contributed by atoms with Crippen LogP contribution in [0.3, 0.4) is 0 Å². The fraction of sp³-hybridized carbons (Fsp3) is 0. The second kappa shape index (κ2) is 7.09. The van der Waals surface area contributed by atoms with Crippen LogP contribution in [0.25, 0.3) is 22.5 Å². The van der Waals surface area contributed by atoms with Gasteiger partial charge in [0.1, 0.15) is 0 Å². The normalized spacial score (nSPS) is 11.3. The van der Waals surface area contributed by atoms with E-state index in [-0.39, 0.29) is 4.90 Å². The van der Waals surface area contributed by atoms with Crippen molar-refractivity contribution in [2.75, 3.05) is 4.72 Å². The number of nitrogens with one attached hydrogen (secondary N) is 1. The van der Waals surface area contributed by atoms with Gasteiger partial charge in [0.25, 0.3) is 10.0 Å². The van der Waals surface area contributed by atoms with Crippen molar-refractivity contribution in [2.45, 2.75) is 4.90 Å². The summed E-state index contributed by atoms with van der Waals surface area (Å²) in [5.74, 6) is 0.572. The van der Waals surface area contributed by atoms with E-state index in [1.54, 1.807) is 48.7 Å². The molecule has 0 aliphatic heterocycles. The molecule has 0 saturated carbocycles. The van der Waals surface area contributed by atoms with Gasteiger partial charge in [0, 0.05) is 11.3 Å². The lowest BCUT2D eigenvalue weighted by atomic mass is 10.1. The molecule has 4 aromatic rings. The van der Waals surface area contributed by atoms with Crippen molar-refractivity contribution >= 4 is 15.7 Å². The van der Waals surface area contributed by atoms with Gasteiger partial charge in [-0.2, -0.15) is 0 Å². The van der Waals surface area contributed by atoms with E-state index in [0.717, 1.165) is 16.7 Å². The minimum atomic E-state index is -3.69. The monoisotopic (exact) mass is 376 g/mol. The number of oxazole rings is 1.